The fourth-order valence-electron chi connectivity index (χ4n) is 4.74. The third kappa shape index (κ3) is 4.71. The summed E-state index contributed by atoms with van der Waals surface area (Å²) in [6.07, 6.45) is 11.0. The molecule has 1 aliphatic heterocycles. The van der Waals surface area contributed by atoms with Crippen molar-refractivity contribution in [1.29, 1.82) is 0 Å². The zero-order chi connectivity index (χ0) is 21.9. The van der Waals surface area contributed by atoms with Crippen molar-refractivity contribution >= 4 is 23.2 Å². The summed E-state index contributed by atoms with van der Waals surface area (Å²) in [5, 5.41) is 6.12. The van der Waals surface area contributed by atoms with E-state index < -0.39 is 6.04 Å². The molecular weight excluding hydrogens is 404 g/mol. The Morgan fingerprint density at radius 1 is 1.16 bits per heavy atom. The summed E-state index contributed by atoms with van der Waals surface area (Å²) in [5.41, 5.74) is 2.41. The van der Waals surface area contributed by atoms with Crippen LogP contribution in [0.4, 0.5) is 11.4 Å². The van der Waals surface area contributed by atoms with E-state index in [-0.39, 0.29) is 17.9 Å². The molecule has 1 aromatic heterocycles. The predicted octanol–water partition coefficient (Wildman–Crippen LogP) is 3.57. The van der Waals surface area contributed by atoms with Gasteiger partial charge in [0.05, 0.1) is 18.4 Å². The van der Waals surface area contributed by atoms with Gasteiger partial charge in [-0.1, -0.05) is 31.7 Å². The van der Waals surface area contributed by atoms with Crippen LogP contribution < -0.4 is 20.3 Å². The Hall–Kier alpha value is -3.09. The summed E-state index contributed by atoms with van der Waals surface area (Å²) in [5.74, 6) is 1.000. The number of hydrogen-bond donors (Lipinski definition) is 2. The first kappa shape index (κ1) is 20.8. The lowest BCUT2D eigenvalue weighted by atomic mass is 9.97. The summed E-state index contributed by atoms with van der Waals surface area (Å²) >= 11 is 0. The molecule has 7 nitrogen and oxygen atoms in total. The van der Waals surface area contributed by atoms with E-state index in [2.05, 4.69) is 20.5 Å². The fraction of sp³-hybridized carbons (Fsp3) is 0.480. The van der Waals surface area contributed by atoms with Crippen LogP contribution in [0.1, 0.15) is 55.3 Å². The summed E-state index contributed by atoms with van der Waals surface area (Å²) < 4.78 is 5.70. The molecule has 0 spiro atoms. The first-order valence-corrected chi connectivity index (χ1v) is 11.7. The van der Waals surface area contributed by atoms with E-state index in [1.807, 2.05) is 24.3 Å². The minimum Gasteiger partial charge on any atom is -0.488 e. The van der Waals surface area contributed by atoms with Crippen LogP contribution in [0.2, 0.25) is 0 Å². The third-order valence-corrected chi connectivity index (χ3v) is 6.64. The van der Waals surface area contributed by atoms with Crippen LogP contribution in [0.3, 0.4) is 0 Å². The van der Waals surface area contributed by atoms with Crippen LogP contribution in [0.15, 0.2) is 42.7 Å². The van der Waals surface area contributed by atoms with Crippen LogP contribution in [0, 0.1) is 5.92 Å². The van der Waals surface area contributed by atoms with Crippen molar-refractivity contribution in [1.82, 2.24) is 15.6 Å². The molecule has 2 saturated carbocycles. The summed E-state index contributed by atoms with van der Waals surface area (Å²) in [6, 6.07) is 9.28. The molecule has 32 heavy (non-hydrogen) atoms. The van der Waals surface area contributed by atoms with Gasteiger partial charge >= 0.3 is 0 Å². The number of ether oxygens (including phenoxy) is 1. The molecule has 3 aliphatic rings. The maximum absolute atomic E-state index is 13.2. The van der Waals surface area contributed by atoms with Gasteiger partial charge in [0, 0.05) is 23.5 Å². The van der Waals surface area contributed by atoms with Crippen molar-refractivity contribution < 1.29 is 14.3 Å². The average molecular weight is 435 g/mol. The van der Waals surface area contributed by atoms with E-state index in [0.717, 1.165) is 42.8 Å². The highest BCUT2D eigenvalue weighted by Gasteiger charge is 2.31. The lowest BCUT2D eigenvalue weighted by Gasteiger charge is -2.31. The smallest absolute Gasteiger partial charge is 0.252 e. The van der Waals surface area contributed by atoms with Gasteiger partial charge in [0.25, 0.3) is 5.91 Å². The van der Waals surface area contributed by atoms with Gasteiger partial charge in [0.1, 0.15) is 12.6 Å². The monoisotopic (exact) mass is 434 g/mol. The topological polar surface area (TPSA) is 83.6 Å². The number of anilines is 2. The molecule has 0 radical (unpaired) electrons. The quantitative estimate of drug-likeness (QED) is 0.696. The second-order valence-electron chi connectivity index (χ2n) is 9.09. The second kappa shape index (κ2) is 9.18. The van der Waals surface area contributed by atoms with Gasteiger partial charge in [-0.15, -0.1) is 0 Å². The minimum atomic E-state index is -0.481. The van der Waals surface area contributed by atoms with Crippen molar-refractivity contribution in [3.8, 4) is 5.75 Å². The van der Waals surface area contributed by atoms with Gasteiger partial charge in [-0.3, -0.25) is 14.6 Å². The Labute approximate surface area is 188 Å². The van der Waals surface area contributed by atoms with Crippen LogP contribution in [0.25, 0.3) is 0 Å². The maximum atomic E-state index is 13.2. The van der Waals surface area contributed by atoms with Gasteiger partial charge < -0.3 is 20.3 Å². The zero-order valence-corrected chi connectivity index (χ0v) is 18.3. The number of pyridine rings is 1. The first-order valence-electron chi connectivity index (χ1n) is 11.7. The molecule has 2 N–H and O–H groups in total. The van der Waals surface area contributed by atoms with Crippen molar-refractivity contribution in [3.63, 3.8) is 0 Å². The molecule has 7 heteroatoms. The third-order valence-electron chi connectivity index (χ3n) is 6.64. The van der Waals surface area contributed by atoms with Crippen molar-refractivity contribution in [2.75, 3.05) is 18.1 Å². The normalized spacial score (nSPS) is 19.1. The van der Waals surface area contributed by atoms with E-state index >= 15 is 0 Å². The standard InChI is InChI=1S/C25H30N4O3/c30-24(28-21(14-17-4-1-2-5-17)25(31)27-19-8-9-19)18-6-3-7-20(15-18)29-12-13-32-23-16-26-11-10-22(23)29/h3,6-7,10-11,15-17,19,21H,1-2,4-5,8-9,12-14H2,(H,27,31)(H,28,30)/t21-/m0/s1. The molecule has 0 bridgehead atoms. The zero-order valence-electron chi connectivity index (χ0n) is 18.3. The first-order chi connectivity index (χ1) is 15.7. The highest BCUT2D eigenvalue weighted by atomic mass is 16.5. The molecule has 2 aromatic rings. The molecule has 2 heterocycles. The van der Waals surface area contributed by atoms with Gasteiger partial charge in [0.2, 0.25) is 5.91 Å². The largest absolute Gasteiger partial charge is 0.488 e. The molecule has 1 atom stereocenters. The number of benzene rings is 1. The van der Waals surface area contributed by atoms with Crippen molar-refractivity contribution in [3.05, 3.63) is 48.3 Å². The van der Waals surface area contributed by atoms with Crippen molar-refractivity contribution in [2.45, 2.75) is 57.0 Å². The molecule has 5 rings (SSSR count). The summed E-state index contributed by atoms with van der Waals surface area (Å²) in [4.78, 5) is 32.3. The highest BCUT2D eigenvalue weighted by Crippen LogP contribution is 2.36. The highest BCUT2D eigenvalue weighted by molar-refractivity contribution is 5.98. The Morgan fingerprint density at radius 3 is 2.81 bits per heavy atom. The van der Waals surface area contributed by atoms with Crippen LogP contribution in [-0.4, -0.2) is 42.0 Å². The lowest BCUT2D eigenvalue weighted by molar-refractivity contribution is -0.123. The maximum Gasteiger partial charge on any atom is 0.252 e. The SMILES string of the molecule is O=C(N[C@@H](CC1CCCC1)C(=O)NC1CC1)c1cccc(N2CCOc3cnccc32)c1. The van der Waals surface area contributed by atoms with Gasteiger partial charge in [-0.05, 0) is 49.4 Å². The van der Waals surface area contributed by atoms with Crippen LogP contribution in [0.5, 0.6) is 5.75 Å². The number of nitrogens with zero attached hydrogens (tertiary/aromatic N) is 2. The Morgan fingerprint density at radius 2 is 2.00 bits per heavy atom. The predicted molar refractivity (Wildman–Crippen MR) is 122 cm³/mol. The summed E-state index contributed by atoms with van der Waals surface area (Å²) in [7, 11) is 0. The number of carbonyl (C=O) groups is 2. The Kier molecular flexibility index (Phi) is 5.97. The summed E-state index contributed by atoms with van der Waals surface area (Å²) in [6.45, 7) is 1.25. The van der Waals surface area contributed by atoms with E-state index in [0.29, 0.717) is 31.1 Å². The Bertz CT molecular complexity index is 985. The van der Waals surface area contributed by atoms with E-state index in [1.54, 1.807) is 18.5 Å². The molecule has 0 unspecified atom stereocenters. The number of hydrogen-bond acceptors (Lipinski definition) is 5. The number of nitrogens with one attached hydrogen (secondary N) is 2. The number of rotatable bonds is 7. The molecule has 1 aromatic carbocycles. The van der Waals surface area contributed by atoms with Gasteiger partial charge in [-0.25, -0.2) is 0 Å². The number of fused-ring (bicyclic) bond motifs is 1. The number of aromatic nitrogens is 1. The van der Waals surface area contributed by atoms with Gasteiger partial charge in [0.15, 0.2) is 5.75 Å². The fourth-order valence-corrected chi connectivity index (χ4v) is 4.74. The average Bonchev–Trinajstić information content (AvgIpc) is 3.49. The number of carbonyl (C=O) groups excluding carboxylic acids is 2. The minimum absolute atomic E-state index is 0.0430. The van der Waals surface area contributed by atoms with Crippen molar-refractivity contribution in [2.24, 2.45) is 5.92 Å². The molecule has 2 aliphatic carbocycles. The van der Waals surface area contributed by atoms with Gasteiger partial charge in [-0.2, -0.15) is 0 Å². The number of amides is 2. The van der Waals surface area contributed by atoms with E-state index in [9.17, 15) is 9.59 Å². The van der Waals surface area contributed by atoms with E-state index in [4.69, 9.17) is 4.74 Å². The molecule has 2 fully saturated rings. The molecule has 0 saturated heterocycles. The lowest BCUT2D eigenvalue weighted by Crippen LogP contribution is -2.48. The van der Waals surface area contributed by atoms with E-state index in [1.165, 1.54) is 12.8 Å². The molecular formula is C25H30N4O3. The van der Waals surface area contributed by atoms with Crippen LogP contribution in [-0.2, 0) is 4.79 Å². The Balaban J connectivity index is 1.32. The second-order valence-corrected chi connectivity index (χ2v) is 9.09. The van der Waals surface area contributed by atoms with Crippen LogP contribution >= 0.6 is 0 Å². The molecule has 2 amide bonds. The molecule has 168 valence electrons.